The molecule has 0 spiro atoms. The molecule has 3 aliphatic heterocycles. The van der Waals surface area contributed by atoms with Gasteiger partial charge >= 0.3 is 0 Å². The second-order valence-corrected chi connectivity index (χ2v) is 5.26. The molecule has 3 heterocycles. The Hall–Kier alpha value is -2.62. The van der Waals surface area contributed by atoms with E-state index in [1.807, 2.05) is 36.6 Å². The molecule has 1 atom stereocenters. The summed E-state index contributed by atoms with van der Waals surface area (Å²) >= 11 is 0. The summed E-state index contributed by atoms with van der Waals surface area (Å²) in [6.45, 7) is 0.271. The molecule has 5 rings (SSSR count). The van der Waals surface area contributed by atoms with Crippen LogP contribution in [0.1, 0.15) is 0 Å². The molecule has 0 amide bonds. The SMILES string of the molecule is OC1=CC2=c3cc4c(cc3=CN3C=CC(=C1)C23)OCO4. The van der Waals surface area contributed by atoms with Gasteiger partial charge in [0.15, 0.2) is 11.5 Å². The number of ether oxygens (including phenoxy) is 2. The van der Waals surface area contributed by atoms with Gasteiger partial charge in [0.05, 0.1) is 6.04 Å². The Labute approximate surface area is 114 Å². The number of hydrogen-bond donors (Lipinski definition) is 1. The van der Waals surface area contributed by atoms with Crippen LogP contribution in [0, 0.1) is 0 Å². The van der Waals surface area contributed by atoms with Gasteiger partial charge in [0, 0.05) is 17.6 Å². The smallest absolute Gasteiger partial charge is 0.231 e. The van der Waals surface area contributed by atoms with Gasteiger partial charge in [-0.2, -0.15) is 0 Å². The van der Waals surface area contributed by atoms with Crippen LogP contribution in [0.5, 0.6) is 11.5 Å². The number of rotatable bonds is 0. The third-order valence-corrected chi connectivity index (χ3v) is 4.11. The minimum Gasteiger partial charge on any atom is -0.508 e. The lowest BCUT2D eigenvalue weighted by atomic mass is 9.90. The number of benzene rings is 1. The predicted octanol–water partition coefficient (Wildman–Crippen LogP) is 0.897. The van der Waals surface area contributed by atoms with Crippen molar-refractivity contribution in [1.29, 1.82) is 0 Å². The molecule has 4 aliphatic rings. The Kier molecular flexibility index (Phi) is 1.67. The standard InChI is InChI=1S/C16H11NO3/c18-11-3-9-1-2-17-7-10-4-14-15(20-8-19-14)6-12(10)13(5-11)16(9)17/h1-7,16,18H,8H2. The molecule has 20 heavy (non-hydrogen) atoms. The average Bonchev–Trinajstić information content (AvgIpc) is 3.04. The van der Waals surface area contributed by atoms with Crippen LogP contribution in [0.3, 0.4) is 0 Å². The van der Waals surface area contributed by atoms with Gasteiger partial charge in [-0.3, -0.25) is 0 Å². The van der Waals surface area contributed by atoms with Crippen LogP contribution in [0.4, 0.5) is 0 Å². The second kappa shape index (κ2) is 3.28. The monoisotopic (exact) mass is 265 g/mol. The quantitative estimate of drug-likeness (QED) is 0.756. The van der Waals surface area contributed by atoms with Crippen molar-refractivity contribution in [2.75, 3.05) is 6.79 Å². The summed E-state index contributed by atoms with van der Waals surface area (Å²) in [7, 11) is 0. The molecule has 1 aliphatic carbocycles. The Morgan fingerprint density at radius 3 is 2.90 bits per heavy atom. The van der Waals surface area contributed by atoms with Crippen LogP contribution in [0.2, 0.25) is 0 Å². The van der Waals surface area contributed by atoms with E-state index in [1.54, 1.807) is 0 Å². The second-order valence-electron chi connectivity index (χ2n) is 5.26. The summed E-state index contributed by atoms with van der Waals surface area (Å²) in [5.74, 6) is 1.85. The molecule has 0 fully saturated rings. The fourth-order valence-electron chi connectivity index (χ4n) is 3.26. The topological polar surface area (TPSA) is 41.9 Å². The molecule has 0 radical (unpaired) electrons. The van der Waals surface area contributed by atoms with Crippen molar-refractivity contribution < 1.29 is 14.6 Å². The van der Waals surface area contributed by atoms with Crippen molar-refractivity contribution in [3.8, 4) is 11.5 Å². The molecular formula is C16H11NO3. The van der Waals surface area contributed by atoms with Gasteiger partial charge < -0.3 is 19.5 Å². The minimum absolute atomic E-state index is 0.166. The Balaban J connectivity index is 1.91. The summed E-state index contributed by atoms with van der Waals surface area (Å²) in [5.41, 5.74) is 2.21. The lowest BCUT2D eigenvalue weighted by molar-refractivity contribution is 0.174. The van der Waals surface area contributed by atoms with Crippen LogP contribution < -0.4 is 19.9 Å². The first kappa shape index (κ1) is 10.2. The molecule has 4 nitrogen and oxygen atoms in total. The number of nitrogens with zero attached hydrogens (tertiary/aromatic N) is 1. The van der Waals surface area contributed by atoms with Crippen LogP contribution in [-0.4, -0.2) is 22.8 Å². The number of hydrogen-bond acceptors (Lipinski definition) is 4. The van der Waals surface area contributed by atoms with Gasteiger partial charge in [-0.15, -0.1) is 0 Å². The van der Waals surface area contributed by atoms with E-state index < -0.39 is 0 Å². The summed E-state index contributed by atoms with van der Waals surface area (Å²) in [6.07, 6.45) is 9.84. The normalized spacial score (nSPS) is 23.9. The van der Waals surface area contributed by atoms with Crippen molar-refractivity contribution >= 4 is 11.8 Å². The van der Waals surface area contributed by atoms with E-state index in [2.05, 4.69) is 11.1 Å². The van der Waals surface area contributed by atoms with Crippen molar-refractivity contribution in [1.82, 2.24) is 4.90 Å². The van der Waals surface area contributed by atoms with Gasteiger partial charge in [0.2, 0.25) is 6.79 Å². The van der Waals surface area contributed by atoms with Crippen LogP contribution in [-0.2, 0) is 0 Å². The summed E-state index contributed by atoms with van der Waals surface area (Å²) in [4.78, 5) is 2.16. The highest BCUT2D eigenvalue weighted by molar-refractivity contribution is 5.76. The van der Waals surface area contributed by atoms with Crippen LogP contribution in [0.25, 0.3) is 11.8 Å². The maximum absolute atomic E-state index is 9.93. The molecule has 0 saturated heterocycles. The maximum atomic E-state index is 9.93. The molecule has 1 aromatic carbocycles. The fraction of sp³-hybridized carbons (Fsp3) is 0.125. The highest BCUT2D eigenvalue weighted by Gasteiger charge is 2.31. The minimum atomic E-state index is 0.166. The van der Waals surface area contributed by atoms with Gasteiger partial charge in [-0.25, -0.2) is 0 Å². The fourth-order valence-corrected chi connectivity index (χ4v) is 3.26. The zero-order chi connectivity index (χ0) is 13.3. The maximum Gasteiger partial charge on any atom is 0.231 e. The van der Waals surface area contributed by atoms with E-state index in [9.17, 15) is 5.11 Å². The average molecular weight is 265 g/mol. The van der Waals surface area contributed by atoms with Crippen LogP contribution in [0.15, 0.2) is 47.9 Å². The van der Waals surface area contributed by atoms with Gasteiger partial charge in [-0.1, -0.05) is 0 Å². The molecule has 0 aromatic heterocycles. The Morgan fingerprint density at radius 1 is 1.15 bits per heavy atom. The predicted molar refractivity (Wildman–Crippen MR) is 73.2 cm³/mol. The van der Waals surface area contributed by atoms with Gasteiger partial charge in [0.25, 0.3) is 0 Å². The number of aliphatic hydroxyl groups is 1. The third-order valence-electron chi connectivity index (χ3n) is 4.11. The first-order chi connectivity index (χ1) is 9.79. The van der Waals surface area contributed by atoms with Gasteiger partial charge in [0.1, 0.15) is 5.76 Å². The molecule has 0 saturated carbocycles. The summed E-state index contributed by atoms with van der Waals surface area (Å²) in [5, 5.41) is 12.1. The molecule has 1 aromatic rings. The molecule has 4 heteroatoms. The van der Waals surface area contributed by atoms with E-state index in [4.69, 9.17) is 9.47 Å². The van der Waals surface area contributed by atoms with Crippen molar-refractivity contribution in [2.45, 2.75) is 6.04 Å². The summed E-state index contributed by atoms with van der Waals surface area (Å²) < 4.78 is 10.9. The molecule has 1 unspecified atom stereocenters. The van der Waals surface area contributed by atoms with E-state index in [-0.39, 0.29) is 12.8 Å². The third kappa shape index (κ3) is 1.16. The highest BCUT2D eigenvalue weighted by atomic mass is 16.7. The highest BCUT2D eigenvalue weighted by Crippen LogP contribution is 2.35. The molecule has 98 valence electrons. The molecular weight excluding hydrogens is 254 g/mol. The van der Waals surface area contributed by atoms with E-state index >= 15 is 0 Å². The largest absolute Gasteiger partial charge is 0.508 e. The molecule has 0 bridgehead atoms. The lowest BCUT2D eigenvalue weighted by Gasteiger charge is -2.30. The zero-order valence-corrected chi connectivity index (χ0v) is 10.5. The number of allylic oxidation sites excluding steroid dienone is 1. The first-order valence-electron chi connectivity index (χ1n) is 6.53. The van der Waals surface area contributed by atoms with E-state index in [1.165, 1.54) is 0 Å². The zero-order valence-electron chi connectivity index (χ0n) is 10.5. The Bertz CT molecular complexity index is 860. The van der Waals surface area contributed by atoms with E-state index in [0.717, 1.165) is 33.1 Å². The van der Waals surface area contributed by atoms with Crippen molar-refractivity contribution in [3.05, 3.63) is 58.3 Å². The van der Waals surface area contributed by atoms with Crippen molar-refractivity contribution in [3.63, 3.8) is 0 Å². The van der Waals surface area contributed by atoms with E-state index in [0.29, 0.717) is 5.76 Å². The summed E-state index contributed by atoms with van der Waals surface area (Å²) in [6, 6.07) is 4.17. The van der Waals surface area contributed by atoms with Gasteiger partial charge in [-0.05, 0) is 46.7 Å². The molecule has 1 N–H and O–H groups in total. The lowest BCUT2D eigenvalue weighted by Crippen LogP contribution is -2.42. The number of fused-ring (bicyclic) bond motifs is 2. The van der Waals surface area contributed by atoms with Crippen LogP contribution >= 0.6 is 0 Å². The Morgan fingerprint density at radius 2 is 2.00 bits per heavy atom. The number of aliphatic hydroxyl groups excluding tert-OH is 1. The van der Waals surface area contributed by atoms with Crippen molar-refractivity contribution in [2.24, 2.45) is 0 Å². The first-order valence-corrected chi connectivity index (χ1v) is 6.53.